The van der Waals surface area contributed by atoms with Crippen LogP contribution in [0.5, 0.6) is 5.75 Å². The molecule has 0 saturated heterocycles. The van der Waals surface area contributed by atoms with E-state index in [0.29, 0.717) is 0 Å². The molecule has 19 heavy (non-hydrogen) atoms. The summed E-state index contributed by atoms with van der Waals surface area (Å²) in [6.45, 7) is 0. The van der Waals surface area contributed by atoms with Gasteiger partial charge in [0.25, 0.3) is 0 Å². The van der Waals surface area contributed by atoms with Crippen LogP contribution in [0.1, 0.15) is 5.56 Å². The van der Waals surface area contributed by atoms with Crippen LogP contribution in [0.3, 0.4) is 0 Å². The minimum Gasteiger partial charge on any atom is -0.497 e. The Morgan fingerprint density at radius 1 is 0.947 bits per heavy atom. The van der Waals surface area contributed by atoms with Crippen LogP contribution in [0.2, 0.25) is 0 Å². The molecule has 2 aromatic carbocycles. The van der Waals surface area contributed by atoms with E-state index in [1.165, 1.54) is 0 Å². The lowest BCUT2D eigenvalue weighted by Crippen LogP contribution is -2.22. The van der Waals surface area contributed by atoms with Crippen LogP contribution in [0.15, 0.2) is 59.6 Å². The average Bonchev–Trinajstić information content (AvgIpc) is 2.46. The molecule has 0 atom stereocenters. The lowest BCUT2D eigenvalue weighted by molar-refractivity contribution is 0.414. The summed E-state index contributed by atoms with van der Waals surface area (Å²) in [5, 5.41) is 0. The number of amidine groups is 1. The second kappa shape index (κ2) is 6.05. The third-order valence-corrected chi connectivity index (χ3v) is 2.76. The third kappa shape index (κ3) is 3.35. The Labute approximate surface area is 114 Å². The van der Waals surface area contributed by atoms with Crippen LogP contribution in [-0.2, 0) is 0 Å². The van der Waals surface area contributed by atoms with E-state index in [0.717, 1.165) is 22.8 Å². The van der Waals surface area contributed by atoms with Crippen LogP contribution in [0.25, 0.3) is 0 Å². The number of aliphatic imine (C=N–C) groups is 1. The molecule has 0 aromatic heterocycles. The zero-order valence-corrected chi connectivity index (χ0v) is 11.5. The van der Waals surface area contributed by atoms with Crippen molar-refractivity contribution in [3.8, 4) is 5.75 Å². The van der Waals surface area contributed by atoms with Gasteiger partial charge in [0.2, 0.25) is 0 Å². The molecule has 0 aliphatic carbocycles. The van der Waals surface area contributed by atoms with Crippen molar-refractivity contribution < 1.29 is 4.74 Å². The molecule has 0 amide bonds. The number of hydrogen-bond acceptors (Lipinski definition) is 2. The van der Waals surface area contributed by atoms with Gasteiger partial charge in [-0.1, -0.05) is 18.2 Å². The normalized spacial score (nSPS) is 11.2. The zero-order valence-electron chi connectivity index (χ0n) is 11.5. The fourth-order valence-corrected chi connectivity index (χ4v) is 1.79. The van der Waals surface area contributed by atoms with Crippen molar-refractivity contribution in [2.75, 3.05) is 21.2 Å². The molecule has 0 fully saturated rings. The first-order valence-electron chi connectivity index (χ1n) is 6.16. The predicted octanol–water partition coefficient (Wildman–Crippen LogP) is 3.34. The van der Waals surface area contributed by atoms with E-state index in [2.05, 4.69) is 4.99 Å². The monoisotopic (exact) mass is 254 g/mol. The summed E-state index contributed by atoms with van der Waals surface area (Å²) in [5.41, 5.74) is 2.01. The second-order valence-electron chi connectivity index (χ2n) is 4.39. The van der Waals surface area contributed by atoms with Gasteiger partial charge in [-0.3, -0.25) is 0 Å². The van der Waals surface area contributed by atoms with E-state index in [1.54, 1.807) is 7.11 Å². The van der Waals surface area contributed by atoms with E-state index in [9.17, 15) is 0 Å². The minimum absolute atomic E-state index is 0.849. The van der Waals surface area contributed by atoms with Crippen molar-refractivity contribution in [3.05, 3.63) is 60.2 Å². The number of nitrogens with zero attached hydrogens (tertiary/aromatic N) is 2. The summed E-state index contributed by atoms with van der Waals surface area (Å²) in [6.07, 6.45) is 0. The predicted molar refractivity (Wildman–Crippen MR) is 79.3 cm³/mol. The van der Waals surface area contributed by atoms with Crippen LogP contribution in [-0.4, -0.2) is 31.9 Å². The van der Waals surface area contributed by atoms with Gasteiger partial charge < -0.3 is 9.64 Å². The highest BCUT2D eigenvalue weighted by Gasteiger charge is 2.06. The topological polar surface area (TPSA) is 24.8 Å². The number of hydrogen-bond donors (Lipinski definition) is 0. The molecular weight excluding hydrogens is 236 g/mol. The van der Waals surface area contributed by atoms with Gasteiger partial charge in [-0.2, -0.15) is 0 Å². The van der Waals surface area contributed by atoms with Gasteiger partial charge in [0.05, 0.1) is 12.8 Å². The maximum atomic E-state index is 5.17. The molecule has 0 saturated carbocycles. The average molecular weight is 254 g/mol. The smallest absolute Gasteiger partial charge is 0.136 e. The van der Waals surface area contributed by atoms with Crippen LogP contribution in [0.4, 0.5) is 5.69 Å². The lowest BCUT2D eigenvalue weighted by Gasteiger charge is -2.16. The first kappa shape index (κ1) is 13.1. The largest absolute Gasteiger partial charge is 0.497 e. The van der Waals surface area contributed by atoms with Crippen LogP contribution < -0.4 is 4.74 Å². The fraction of sp³-hybridized carbons (Fsp3) is 0.188. The molecular formula is C16H18N2O. The number of rotatable bonds is 3. The lowest BCUT2D eigenvalue weighted by atomic mass is 10.2. The molecule has 0 aliphatic rings. The van der Waals surface area contributed by atoms with Gasteiger partial charge >= 0.3 is 0 Å². The molecule has 2 aromatic rings. The Balaban J connectivity index is 2.37. The molecule has 2 rings (SSSR count). The minimum atomic E-state index is 0.849. The second-order valence-corrected chi connectivity index (χ2v) is 4.39. The molecule has 0 N–H and O–H groups in total. The van der Waals surface area contributed by atoms with Gasteiger partial charge in [-0.15, -0.1) is 0 Å². The molecule has 0 radical (unpaired) electrons. The van der Waals surface area contributed by atoms with E-state index >= 15 is 0 Å². The Morgan fingerprint density at radius 2 is 1.58 bits per heavy atom. The molecule has 0 heterocycles. The van der Waals surface area contributed by atoms with Gasteiger partial charge in [0.15, 0.2) is 0 Å². The quantitative estimate of drug-likeness (QED) is 0.620. The Kier molecular flexibility index (Phi) is 4.18. The fourth-order valence-electron chi connectivity index (χ4n) is 1.79. The standard InChI is InChI=1S/C16H18N2O/c1-18(2)16(17-14-7-5-4-6-8-14)13-9-11-15(19-3)12-10-13/h4-12H,1-3H3. The molecule has 0 unspecified atom stereocenters. The summed E-state index contributed by atoms with van der Waals surface area (Å²) in [6, 6.07) is 17.9. The highest BCUT2D eigenvalue weighted by molar-refractivity contribution is 6.00. The molecule has 0 spiro atoms. The summed E-state index contributed by atoms with van der Waals surface area (Å²) in [7, 11) is 5.65. The van der Waals surface area contributed by atoms with Gasteiger partial charge in [0, 0.05) is 19.7 Å². The molecule has 98 valence electrons. The van der Waals surface area contributed by atoms with Crippen LogP contribution in [0, 0.1) is 0 Å². The Morgan fingerprint density at radius 3 is 2.11 bits per heavy atom. The van der Waals surface area contributed by atoms with Gasteiger partial charge in [-0.25, -0.2) is 4.99 Å². The molecule has 3 nitrogen and oxygen atoms in total. The number of ether oxygens (including phenoxy) is 1. The van der Waals surface area contributed by atoms with Crippen molar-refractivity contribution in [3.63, 3.8) is 0 Å². The summed E-state index contributed by atoms with van der Waals surface area (Å²) >= 11 is 0. The highest BCUT2D eigenvalue weighted by Crippen LogP contribution is 2.17. The first-order valence-corrected chi connectivity index (χ1v) is 6.16. The summed E-state index contributed by atoms with van der Waals surface area (Å²) in [5.74, 6) is 1.77. The summed E-state index contributed by atoms with van der Waals surface area (Å²) < 4.78 is 5.17. The van der Waals surface area contributed by atoms with Gasteiger partial charge in [-0.05, 0) is 36.4 Å². The van der Waals surface area contributed by atoms with E-state index in [4.69, 9.17) is 4.74 Å². The number of benzene rings is 2. The van der Waals surface area contributed by atoms with Crippen LogP contribution >= 0.6 is 0 Å². The molecule has 0 aliphatic heterocycles. The Hall–Kier alpha value is -2.29. The van der Waals surface area contributed by atoms with Gasteiger partial charge in [0.1, 0.15) is 11.6 Å². The zero-order chi connectivity index (χ0) is 13.7. The molecule has 3 heteroatoms. The van der Waals surface area contributed by atoms with E-state index in [1.807, 2.05) is 73.6 Å². The summed E-state index contributed by atoms with van der Waals surface area (Å²) in [4.78, 5) is 6.69. The van der Waals surface area contributed by atoms with Crippen molar-refractivity contribution >= 4 is 11.5 Å². The van der Waals surface area contributed by atoms with Crippen molar-refractivity contribution in [2.45, 2.75) is 0 Å². The number of methoxy groups -OCH3 is 1. The maximum absolute atomic E-state index is 5.17. The van der Waals surface area contributed by atoms with Crippen molar-refractivity contribution in [1.29, 1.82) is 0 Å². The van der Waals surface area contributed by atoms with Crippen molar-refractivity contribution in [2.24, 2.45) is 4.99 Å². The maximum Gasteiger partial charge on any atom is 0.136 e. The SMILES string of the molecule is COc1ccc(C(=Nc2ccccc2)N(C)C)cc1. The van der Waals surface area contributed by atoms with Crippen molar-refractivity contribution in [1.82, 2.24) is 4.90 Å². The highest BCUT2D eigenvalue weighted by atomic mass is 16.5. The third-order valence-electron chi connectivity index (χ3n) is 2.76. The number of para-hydroxylation sites is 1. The first-order chi connectivity index (χ1) is 9.20. The van der Waals surface area contributed by atoms with E-state index < -0.39 is 0 Å². The van der Waals surface area contributed by atoms with E-state index in [-0.39, 0.29) is 0 Å². The molecule has 0 bridgehead atoms. The Bertz CT molecular complexity index is 545.